The van der Waals surface area contributed by atoms with E-state index in [1.165, 1.54) is 0 Å². The van der Waals surface area contributed by atoms with Crippen molar-refractivity contribution in [2.45, 2.75) is 55.4 Å². The Bertz CT molecular complexity index is 1140. The Balaban J connectivity index is 1.94. The molecule has 0 saturated carbocycles. The number of Topliss-reactive ketones (excluding diaryl/α,β-unsaturated/α-hetero) is 4. The van der Waals surface area contributed by atoms with Gasteiger partial charge in [-0.1, -0.05) is 25.3 Å². The average Bonchev–Trinajstić information content (AvgIpc) is 3.15. The second-order valence-electron chi connectivity index (χ2n) is 11.4. The molecule has 32 heavy (non-hydrogen) atoms. The van der Waals surface area contributed by atoms with Crippen LogP contribution in [0.1, 0.15) is 55.4 Å². The van der Waals surface area contributed by atoms with Gasteiger partial charge in [0.05, 0.1) is 21.7 Å². The molecule has 4 aliphatic rings. The second kappa shape index (κ2) is 5.92. The van der Waals surface area contributed by atoms with Crippen molar-refractivity contribution in [2.75, 3.05) is 0 Å². The normalized spacial score (nSPS) is 29.9. The van der Waals surface area contributed by atoms with Crippen LogP contribution in [0.4, 0.5) is 0 Å². The van der Waals surface area contributed by atoms with Crippen molar-refractivity contribution in [1.82, 2.24) is 0 Å². The van der Waals surface area contributed by atoms with Crippen LogP contribution in [0.5, 0.6) is 0 Å². The molecule has 0 aliphatic heterocycles. The molecule has 0 bridgehead atoms. The Kier molecular flexibility index (Phi) is 4.13. The van der Waals surface area contributed by atoms with Crippen molar-refractivity contribution in [3.63, 3.8) is 0 Å². The maximum absolute atomic E-state index is 13.2. The van der Waals surface area contributed by atoms with Gasteiger partial charge in [0.1, 0.15) is 0 Å². The fourth-order valence-electron chi connectivity index (χ4n) is 5.31. The van der Waals surface area contributed by atoms with Crippen LogP contribution in [0.15, 0.2) is 69.9 Å². The number of carbonyl (C=O) groups is 4. The smallest absolute Gasteiger partial charge is 0.173 e. The fraction of sp³-hybridized carbons (Fsp3) is 0.429. The van der Waals surface area contributed by atoms with E-state index in [0.29, 0.717) is 44.6 Å². The van der Waals surface area contributed by atoms with Gasteiger partial charge in [-0.3, -0.25) is 19.2 Å². The first-order chi connectivity index (χ1) is 14.4. The Morgan fingerprint density at radius 2 is 0.719 bits per heavy atom. The number of carbonyl (C=O) groups excluding carboxylic acids is 4. The van der Waals surface area contributed by atoms with Crippen LogP contribution >= 0.6 is 0 Å². The molecule has 0 fully saturated rings. The van der Waals surface area contributed by atoms with Gasteiger partial charge in [0, 0.05) is 22.3 Å². The summed E-state index contributed by atoms with van der Waals surface area (Å²) in [5.41, 5.74) is 0.558. The number of hydrogen-bond donors (Lipinski definition) is 0. The first-order valence-corrected chi connectivity index (χ1v) is 10.9. The molecule has 166 valence electrons. The Morgan fingerprint density at radius 1 is 0.469 bits per heavy atom. The number of rotatable bonds is 1. The van der Waals surface area contributed by atoms with Gasteiger partial charge in [0.25, 0.3) is 0 Å². The predicted octanol–water partition coefficient (Wildman–Crippen LogP) is 4.98. The molecular weight excluding hydrogens is 400 g/mol. The highest BCUT2D eigenvalue weighted by molar-refractivity contribution is 6.27. The van der Waals surface area contributed by atoms with E-state index in [4.69, 9.17) is 0 Å². The standard InChI is InChI=1S/C28H30O4/c1-13-17-19(23(31)25(13,3)4)15(27(7,8)21(17)29)11-12-16-20-18(22(30)28(16,9)10)14(2)26(5,6)24(20)32/h11-12H,1-2H2,3-10H3/b15-11+,16-12+. The molecule has 4 aliphatic carbocycles. The van der Waals surface area contributed by atoms with Crippen molar-refractivity contribution >= 4 is 23.1 Å². The van der Waals surface area contributed by atoms with Gasteiger partial charge in [0.2, 0.25) is 0 Å². The highest BCUT2D eigenvalue weighted by Gasteiger charge is 2.57. The van der Waals surface area contributed by atoms with Crippen LogP contribution in [0, 0.1) is 21.7 Å². The van der Waals surface area contributed by atoms with Crippen LogP contribution in [-0.2, 0) is 19.2 Å². The maximum Gasteiger partial charge on any atom is 0.173 e. The zero-order valence-electron chi connectivity index (χ0n) is 20.2. The average molecular weight is 431 g/mol. The fourth-order valence-corrected chi connectivity index (χ4v) is 5.31. The van der Waals surface area contributed by atoms with E-state index >= 15 is 0 Å². The van der Waals surface area contributed by atoms with Crippen LogP contribution in [0.3, 0.4) is 0 Å². The van der Waals surface area contributed by atoms with Crippen LogP contribution < -0.4 is 0 Å². The summed E-state index contributed by atoms with van der Waals surface area (Å²) in [6, 6.07) is 0. The topological polar surface area (TPSA) is 68.3 Å². The van der Waals surface area contributed by atoms with Crippen molar-refractivity contribution in [3.05, 3.63) is 69.9 Å². The van der Waals surface area contributed by atoms with E-state index in [1.54, 1.807) is 67.5 Å². The van der Waals surface area contributed by atoms with Crippen LogP contribution in [-0.4, -0.2) is 23.1 Å². The third-order valence-corrected chi connectivity index (χ3v) is 8.09. The van der Waals surface area contributed by atoms with Crippen molar-refractivity contribution in [3.8, 4) is 0 Å². The summed E-state index contributed by atoms with van der Waals surface area (Å²) >= 11 is 0. The lowest BCUT2D eigenvalue weighted by atomic mass is 9.73. The lowest BCUT2D eigenvalue weighted by molar-refractivity contribution is -0.122. The SMILES string of the molecule is C=C1C2=C(C(=O)C1(C)C)/C(=C\C=C1/C3=C(C(=C)C(C)(C)C3=O)C(=O)C1(C)C)C(C)(C)C2=O. The third-order valence-electron chi connectivity index (χ3n) is 8.09. The minimum absolute atomic E-state index is 0.116. The molecule has 4 heteroatoms. The zero-order valence-corrected chi connectivity index (χ0v) is 20.2. The summed E-state index contributed by atoms with van der Waals surface area (Å²) < 4.78 is 0. The molecule has 4 rings (SSSR count). The summed E-state index contributed by atoms with van der Waals surface area (Å²) in [5.74, 6) is -0.466. The minimum atomic E-state index is -0.899. The molecular formula is C28H30O4. The Hall–Kier alpha value is -2.88. The van der Waals surface area contributed by atoms with Gasteiger partial charge >= 0.3 is 0 Å². The highest BCUT2D eigenvalue weighted by Crippen LogP contribution is 2.57. The first-order valence-electron chi connectivity index (χ1n) is 10.9. The molecule has 0 spiro atoms. The summed E-state index contributed by atoms with van der Waals surface area (Å²) in [6.45, 7) is 22.4. The van der Waals surface area contributed by atoms with Crippen molar-refractivity contribution in [1.29, 1.82) is 0 Å². The lowest BCUT2D eigenvalue weighted by Crippen LogP contribution is -2.31. The molecule has 0 aromatic carbocycles. The van der Waals surface area contributed by atoms with Crippen molar-refractivity contribution in [2.24, 2.45) is 21.7 Å². The minimum Gasteiger partial charge on any atom is -0.293 e. The van der Waals surface area contributed by atoms with Gasteiger partial charge in [0.15, 0.2) is 23.1 Å². The molecule has 0 saturated heterocycles. The Morgan fingerprint density at radius 3 is 1.00 bits per heavy atom. The molecule has 0 aromatic heterocycles. The van der Waals surface area contributed by atoms with Crippen molar-refractivity contribution < 1.29 is 19.2 Å². The predicted molar refractivity (Wildman–Crippen MR) is 124 cm³/mol. The van der Waals surface area contributed by atoms with Gasteiger partial charge in [-0.2, -0.15) is 0 Å². The number of allylic oxidation sites excluding steroid dienone is 10. The largest absolute Gasteiger partial charge is 0.293 e. The molecule has 0 aromatic rings. The van der Waals surface area contributed by atoms with E-state index < -0.39 is 21.7 Å². The summed E-state index contributed by atoms with van der Waals surface area (Å²) in [7, 11) is 0. The van der Waals surface area contributed by atoms with Gasteiger partial charge in [-0.15, -0.1) is 0 Å². The lowest BCUT2D eigenvalue weighted by Gasteiger charge is -2.28. The molecule has 0 amide bonds. The van der Waals surface area contributed by atoms with Gasteiger partial charge < -0.3 is 0 Å². The first kappa shape index (κ1) is 22.3. The van der Waals surface area contributed by atoms with E-state index in [2.05, 4.69) is 13.2 Å². The molecule has 0 N–H and O–H groups in total. The molecule has 0 atom stereocenters. The monoisotopic (exact) mass is 430 g/mol. The summed E-state index contributed by atoms with van der Waals surface area (Å²) in [6.07, 6.45) is 3.52. The zero-order chi connectivity index (χ0) is 24.3. The summed E-state index contributed by atoms with van der Waals surface area (Å²) in [4.78, 5) is 53.0. The number of hydrogen-bond acceptors (Lipinski definition) is 4. The van der Waals surface area contributed by atoms with Crippen LogP contribution in [0.25, 0.3) is 0 Å². The second-order valence-corrected chi connectivity index (χ2v) is 11.4. The molecule has 0 unspecified atom stereocenters. The van der Waals surface area contributed by atoms with Gasteiger partial charge in [-0.05, 0) is 77.7 Å². The molecule has 0 heterocycles. The van der Waals surface area contributed by atoms with E-state index in [1.807, 2.05) is 0 Å². The number of ketones is 4. The van der Waals surface area contributed by atoms with E-state index in [0.717, 1.165) is 0 Å². The Labute approximate surface area is 189 Å². The summed E-state index contributed by atoms with van der Waals surface area (Å²) in [5, 5.41) is 0. The maximum atomic E-state index is 13.2. The molecule has 4 nitrogen and oxygen atoms in total. The molecule has 0 radical (unpaired) electrons. The van der Waals surface area contributed by atoms with Crippen LogP contribution in [0.2, 0.25) is 0 Å². The van der Waals surface area contributed by atoms with E-state index in [-0.39, 0.29) is 23.1 Å². The quantitative estimate of drug-likeness (QED) is 0.588. The third kappa shape index (κ3) is 2.28. The van der Waals surface area contributed by atoms with Gasteiger partial charge in [-0.25, -0.2) is 0 Å². The van der Waals surface area contributed by atoms with E-state index in [9.17, 15) is 19.2 Å². The highest BCUT2D eigenvalue weighted by atomic mass is 16.1.